The van der Waals surface area contributed by atoms with Crippen LogP contribution in [-0.2, 0) is 27.2 Å². The third-order valence-corrected chi connectivity index (χ3v) is 8.94. The number of aromatic amines is 1. The van der Waals surface area contributed by atoms with Crippen molar-refractivity contribution in [3.05, 3.63) is 66.3 Å². The van der Waals surface area contributed by atoms with Gasteiger partial charge in [0.15, 0.2) is 0 Å². The predicted octanol–water partition coefficient (Wildman–Crippen LogP) is 3.94. The average Bonchev–Trinajstić information content (AvgIpc) is 3.57. The largest absolute Gasteiger partial charge is 0.390 e. The van der Waals surface area contributed by atoms with Gasteiger partial charge in [-0.15, -0.1) is 0 Å². The van der Waals surface area contributed by atoms with E-state index in [1.54, 1.807) is 43.5 Å². The Morgan fingerprint density at radius 2 is 1.78 bits per heavy atom. The van der Waals surface area contributed by atoms with Gasteiger partial charge in [0.1, 0.15) is 12.1 Å². The summed E-state index contributed by atoms with van der Waals surface area (Å²) in [6, 6.07) is 7.86. The van der Waals surface area contributed by atoms with Crippen LogP contribution in [0.15, 0.2) is 55.0 Å². The van der Waals surface area contributed by atoms with Gasteiger partial charge in [-0.05, 0) is 43.6 Å². The number of carbonyl (C=O) groups is 3. The van der Waals surface area contributed by atoms with E-state index in [2.05, 4.69) is 20.6 Å². The molecule has 1 heterocycles. The minimum Gasteiger partial charge on any atom is -0.390 e. The van der Waals surface area contributed by atoms with Crippen LogP contribution in [0.4, 0.5) is 0 Å². The van der Waals surface area contributed by atoms with Crippen LogP contribution in [0, 0.1) is 17.8 Å². The number of nitrogens with zero attached hydrogens (tertiary/aromatic N) is 2. The van der Waals surface area contributed by atoms with Crippen LogP contribution >= 0.6 is 0 Å². The quantitative estimate of drug-likeness (QED) is 0.157. The van der Waals surface area contributed by atoms with Crippen LogP contribution < -0.4 is 10.6 Å². The second-order valence-electron chi connectivity index (χ2n) is 13.3. The van der Waals surface area contributed by atoms with Crippen molar-refractivity contribution in [2.24, 2.45) is 17.8 Å². The zero-order valence-electron chi connectivity index (χ0n) is 28.0. The number of allylic oxidation sites excluding steroid dienone is 1. The summed E-state index contributed by atoms with van der Waals surface area (Å²) in [4.78, 5) is 49.5. The predicted molar refractivity (Wildman–Crippen MR) is 180 cm³/mol. The average molecular weight is 638 g/mol. The van der Waals surface area contributed by atoms with Crippen molar-refractivity contribution >= 4 is 17.7 Å². The number of aromatic nitrogens is 2. The highest BCUT2D eigenvalue weighted by atomic mass is 16.3. The molecule has 0 spiro atoms. The summed E-state index contributed by atoms with van der Waals surface area (Å²) in [7, 11) is 1.72. The van der Waals surface area contributed by atoms with Gasteiger partial charge in [-0.1, -0.05) is 88.4 Å². The lowest BCUT2D eigenvalue weighted by Gasteiger charge is -2.33. The van der Waals surface area contributed by atoms with Gasteiger partial charge in [-0.3, -0.25) is 14.4 Å². The van der Waals surface area contributed by atoms with E-state index in [9.17, 15) is 24.6 Å². The van der Waals surface area contributed by atoms with Crippen molar-refractivity contribution in [3.8, 4) is 0 Å². The Balaban J connectivity index is 1.73. The molecule has 5 N–H and O–H groups in total. The van der Waals surface area contributed by atoms with E-state index in [1.807, 2.05) is 44.2 Å². The summed E-state index contributed by atoms with van der Waals surface area (Å²) >= 11 is 0. The first-order valence-corrected chi connectivity index (χ1v) is 16.9. The maximum atomic E-state index is 13.8. The molecule has 46 heavy (non-hydrogen) atoms. The van der Waals surface area contributed by atoms with E-state index in [-0.39, 0.29) is 18.2 Å². The van der Waals surface area contributed by atoms with Gasteiger partial charge in [0.2, 0.25) is 17.7 Å². The molecule has 5 atom stereocenters. The fourth-order valence-corrected chi connectivity index (χ4v) is 6.25. The first-order valence-electron chi connectivity index (χ1n) is 16.9. The number of likely N-dealkylation sites (N-methyl/N-ethyl adjacent to an activating group) is 1. The maximum absolute atomic E-state index is 13.8. The summed E-state index contributed by atoms with van der Waals surface area (Å²) in [5, 5.41) is 27.9. The molecule has 254 valence electrons. The maximum Gasteiger partial charge on any atom is 0.246 e. The number of hydrogen-bond donors (Lipinski definition) is 5. The monoisotopic (exact) mass is 637 g/mol. The number of benzene rings is 1. The van der Waals surface area contributed by atoms with Crippen LogP contribution in [0.1, 0.15) is 83.4 Å². The third-order valence-electron chi connectivity index (χ3n) is 8.94. The van der Waals surface area contributed by atoms with E-state index in [0.717, 1.165) is 36.9 Å². The molecule has 3 amide bonds. The fraction of sp³-hybridized carbons (Fsp3) is 0.611. The van der Waals surface area contributed by atoms with Crippen molar-refractivity contribution in [1.82, 2.24) is 25.5 Å². The van der Waals surface area contributed by atoms with Crippen LogP contribution in [-0.4, -0.2) is 80.7 Å². The molecule has 1 saturated carbocycles. The smallest absolute Gasteiger partial charge is 0.246 e. The van der Waals surface area contributed by atoms with Crippen molar-refractivity contribution < 1.29 is 24.6 Å². The van der Waals surface area contributed by atoms with Gasteiger partial charge in [0, 0.05) is 38.3 Å². The molecule has 3 rings (SSSR count). The molecule has 1 fully saturated rings. The van der Waals surface area contributed by atoms with Crippen LogP contribution in [0.5, 0.6) is 0 Å². The molecule has 2 aromatic rings. The van der Waals surface area contributed by atoms with Gasteiger partial charge in [-0.25, -0.2) is 4.98 Å². The third kappa shape index (κ3) is 12.4. The molecule has 10 nitrogen and oxygen atoms in total. The fourth-order valence-electron chi connectivity index (χ4n) is 6.25. The Morgan fingerprint density at radius 1 is 1.07 bits per heavy atom. The minimum absolute atomic E-state index is 0.0191. The summed E-state index contributed by atoms with van der Waals surface area (Å²) in [6.07, 6.45) is 11.9. The zero-order chi connectivity index (χ0) is 33.5. The number of amides is 3. The van der Waals surface area contributed by atoms with E-state index >= 15 is 0 Å². The topological polar surface area (TPSA) is 148 Å². The summed E-state index contributed by atoms with van der Waals surface area (Å²) in [5.74, 6) is -1.20. The van der Waals surface area contributed by atoms with Crippen molar-refractivity contribution in [3.63, 3.8) is 0 Å². The number of carbonyl (C=O) groups excluding carboxylic acids is 3. The summed E-state index contributed by atoms with van der Waals surface area (Å²) in [5.41, 5.74) is 1.83. The van der Waals surface area contributed by atoms with Gasteiger partial charge in [0.25, 0.3) is 0 Å². The lowest BCUT2D eigenvalue weighted by atomic mass is 9.82. The SMILES string of the molecule is C/C=C/C(NC(=O)[C@@H](CC(=O)N(C)CCc1cnc[nH]1)Cc1ccccc1)C(=O)N[C@@H](CC1CCCCC1)[C@@H](O)[C@@H](O)CC(C)C. The number of hydrogen-bond acceptors (Lipinski definition) is 6. The number of aliphatic hydroxyl groups is 2. The van der Waals surface area contributed by atoms with Crippen molar-refractivity contribution in [1.29, 1.82) is 0 Å². The number of H-pyrrole nitrogens is 1. The second kappa shape index (κ2) is 19.2. The molecule has 0 bridgehead atoms. The Hall–Kier alpha value is -3.50. The van der Waals surface area contributed by atoms with Crippen LogP contribution in [0.2, 0.25) is 0 Å². The molecule has 1 aromatic carbocycles. The van der Waals surface area contributed by atoms with E-state index < -0.39 is 42.0 Å². The molecule has 0 radical (unpaired) electrons. The first-order chi connectivity index (χ1) is 22.1. The van der Waals surface area contributed by atoms with E-state index in [0.29, 0.717) is 38.1 Å². The molecule has 1 unspecified atom stereocenters. The highest BCUT2D eigenvalue weighted by Gasteiger charge is 2.33. The van der Waals surface area contributed by atoms with E-state index in [4.69, 9.17) is 0 Å². The normalized spacial score (nSPS) is 17.3. The first kappa shape index (κ1) is 37.0. The van der Waals surface area contributed by atoms with Gasteiger partial charge < -0.3 is 30.7 Å². The highest BCUT2D eigenvalue weighted by molar-refractivity contribution is 5.92. The molecule has 0 aliphatic heterocycles. The van der Waals surface area contributed by atoms with Crippen LogP contribution in [0.25, 0.3) is 0 Å². The highest BCUT2D eigenvalue weighted by Crippen LogP contribution is 2.29. The van der Waals surface area contributed by atoms with E-state index in [1.165, 1.54) is 6.42 Å². The molecule has 1 aliphatic rings. The Bertz CT molecular complexity index is 1210. The number of aliphatic hydroxyl groups excluding tert-OH is 2. The van der Waals surface area contributed by atoms with Crippen molar-refractivity contribution in [2.75, 3.05) is 13.6 Å². The van der Waals surface area contributed by atoms with Gasteiger partial charge in [0.05, 0.1) is 24.4 Å². The number of imidazole rings is 1. The molecular formula is C36H55N5O5. The lowest BCUT2D eigenvalue weighted by molar-refractivity contribution is -0.136. The standard InChI is InChI=1S/C36H55N5O5/c1-5-12-30(36(46)40-31(21-27-15-10-7-11-16-27)34(44)32(42)19-25(2)3)39-35(45)28(20-26-13-8-6-9-14-26)22-33(43)41(4)18-17-29-23-37-24-38-29/h5-6,8-9,12-14,23-25,27-28,30-32,34,42,44H,7,10-11,15-22H2,1-4H3,(H,37,38)(H,39,45)(H,40,46)/b12-5+/t28-,30?,31+,32+,34-/m1/s1. The van der Waals surface area contributed by atoms with Gasteiger partial charge >= 0.3 is 0 Å². The zero-order valence-corrected chi connectivity index (χ0v) is 28.0. The summed E-state index contributed by atoms with van der Waals surface area (Å²) < 4.78 is 0. The molecular weight excluding hydrogens is 582 g/mol. The Kier molecular flexibility index (Phi) is 15.5. The molecule has 0 saturated heterocycles. The number of rotatable bonds is 18. The Labute approximate surface area is 274 Å². The molecule has 1 aliphatic carbocycles. The molecule has 1 aromatic heterocycles. The minimum atomic E-state index is -1.13. The van der Waals surface area contributed by atoms with Crippen LogP contribution in [0.3, 0.4) is 0 Å². The molecule has 10 heteroatoms. The van der Waals surface area contributed by atoms with Crippen molar-refractivity contribution in [2.45, 2.75) is 109 Å². The lowest BCUT2D eigenvalue weighted by Crippen LogP contribution is -2.55. The van der Waals surface area contributed by atoms with Gasteiger partial charge in [-0.2, -0.15) is 0 Å². The summed E-state index contributed by atoms with van der Waals surface area (Å²) in [6.45, 7) is 6.20. The second-order valence-corrected chi connectivity index (χ2v) is 13.3. The Morgan fingerprint density at radius 3 is 2.41 bits per heavy atom. The number of nitrogens with one attached hydrogen (secondary N) is 3.